The Balaban J connectivity index is 1.69. The Morgan fingerprint density at radius 3 is 2.52 bits per heavy atom. The minimum atomic E-state index is -0.888. The molecule has 0 aliphatic carbocycles. The average Bonchev–Trinajstić information content (AvgIpc) is 3.01. The van der Waals surface area contributed by atoms with Crippen LogP contribution in [0.4, 0.5) is 4.39 Å². The van der Waals surface area contributed by atoms with Gasteiger partial charge in [0.25, 0.3) is 0 Å². The van der Waals surface area contributed by atoms with Gasteiger partial charge in [0, 0.05) is 12.6 Å². The van der Waals surface area contributed by atoms with Gasteiger partial charge in [-0.1, -0.05) is 42.1 Å². The molecule has 1 N–H and O–H groups in total. The van der Waals surface area contributed by atoms with Crippen LogP contribution in [0.2, 0.25) is 0 Å². The van der Waals surface area contributed by atoms with Gasteiger partial charge in [-0.2, -0.15) is 0 Å². The van der Waals surface area contributed by atoms with E-state index >= 15 is 0 Å². The van der Waals surface area contributed by atoms with E-state index in [0.717, 1.165) is 5.56 Å². The van der Waals surface area contributed by atoms with E-state index in [4.69, 9.17) is 0 Å². The molecule has 7 heteroatoms. The standard InChI is InChI=1S/C18H16FN3O2S/c1-22-17(16(24)13-5-3-2-4-6-13)20-21-18(22)25-11-15(23)12-7-9-14(19)10-8-12/h2-10,16,24H,11H2,1H3. The second kappa shape index (κ2) is 7.58. The van der Waals surface area contributed by atoms with Crippen LogP contribution >= 0.6 is 11.8 Å². The number of carbonyl (C=O) groups excluding carboxylic acids is 1. The van der Waals surface area contributed by atoms with Crippen LogP contribution in [0.25, 0.3) is 0 Å². The zero-order valence-electron chi connectivity index (χ0n) is 13.5. The van der Waals surface area contributed by atoms with Gasteiger partial charge in [0.15, 0.2) is 16.8 Å². The van der Waals surface area contributed by atoms with Crippen LogP contribution < -0.4 is 0 Å². The SMILES string of the molecule is Cn1c(SCC(=O)c2ccc(F)cc2)nnc1C(O)c1ccccc1. The second-order valence-corrected chi connectivity index (χ2v) is 6.37. The Hall–Kier alpha value is -2.51. The molecule has 2 aromatic carbocycles. The molecule has 0 amide bonds. The van der Waals surface area contributed by atoms with Gasteiger partial charge in [-0.25, -0.2) is 4.39 Å². The molecule has 1 aromatic heterocycles. The number of carbonyl (C=O) groups is 1. The molecule has 0 aliphatic rings. The van der Waals surface area contributed by atoms with Crippen molar-refractivity contribution in [1.82, 2.24) is 14.8 Å². The fourth-order valence-electron chi connectivity index (χ4n) is 2.32. The van der Waals surface area contributed by atoms with E-state index in [-0.39, 0.29) is 17.4 Å². The maximum Gasteiger partial charge on any atom is 0.191 e. The highest BCUT2D eigenvalue weighted by atomic mass is 32.2. The molecule has 0 saturated carbocycles. The number of aliphatic hydroxyl groups is 1. The quantitative estimate of drug-likeness (QED) is 0.543. The lowest BCUT2D eigenvalue weighted by molar-refractivity contribution is 0.102. The fraction of sp³-hybridized carbons (Fsp3) is 0.167. The van der Waals surface area contributed by atoms with Crippen molar-refractivity contribution in [1.29, 1.82) is 0 Å². The van der Waals surface area contributed by atoms with E-state index in [2.05, 4.69) is 10.2 Å². The normalized spacial score (nSPS) is 12.1. The van der Waals surface area contributed by atoms with Gasteiger partial charge in [-0.05, 0) is 29.8 Å². The third-order valence-electron chi connectivity index (χ3n) is 3.73. The fourth-order valence-corrected chi connectivity index (χ4v) is 3.14. The number of rotatable bonds is 6. The van der Waals surface area contributed by atoms with Gasteiger partial charge in [-0.3, -0.25) is 4.79 Å². The molecule has 0 radical (unpaired) electrons. The number of aromatic nitrogens is 3. The summed E-state index contributed by atoms with van der Waals surface area (Å²) in [5.74, 6) is 0.0529. The number of aliphatic hydroxyl groups excluding tert-OH is 1. The smallest absolute Gasteiger partial charge is 0.191 e. The van der Waals surface area contributed by atoms with Crippen molar-refractivity contribution >= 4 is 17.5 Å². The van der Waals surface area contributed by atoms with Gasteiger partial charge < -0.3 is 9.67 Å². The van der Waals surface area contributed by atoms with E-state index in [1.165, 1.54) is 36.0 Å². The summed E-state index contributed by atoms with van der Waals surface area (Å²) in [7, 11) is 1.74. The van der Waals surface area contributed by atoms with Crippen LogP contribution in [0.3, 0.4) is 0 Å². The zero-order chi connectivity index (χ0) is 17.8. The first kappa shape index (κ1) is 17.3. The summed E-state index contributed by atoms with van der Waals surface area (Å²) in [6, 6.07) is 14.6. The molecule has 0 spiro atoms. The molecule has 0 bridgehead atoms. The van der Waals surface area contributed by atoms with Crippen LogP contribution in [-0.4, -0.2) is 31.4 Å². The van der Waals surface area contributed by atoms with Gasteiger partial charge in [0.05, 0.1) is 5.75 Å². The first-order valence-corrected chi connectivity index (χ1v) is 8.58. The number of Topliss-reactive ketones (excluding diaryl/α,β-unsaturated/α-hetero) is 1. The Kier molecular flexibility index (Phi) is 5.25. The maximum atomic E-state index is 12.9. The Morgan fingerprint density at radius 1 is 1.16 bits per heavy atom. The van der Waals surface area contributed by atoms with E-state index in [9.17, 15) is 14.3 Å². The van der Waals surface area contributed by atoms with Gasteiger partial charge in [-0.15, -0.1) is 10.2 Å². The number of hydrogen-bond donors (Lipinski definition) is 1. The number of hydrogen-bond acceptors (Lipinski definition) is 5. The van der Waals surface area contributed by atoms with Gasteiger partial charge in [0.2, 0.25) is 0 Å². The summed E-state index contributed by atoms with van der Waals surface area (Å²) in [5, 5.41) is 19.0. The third kappa shape index (κ3) is 3.94. The number of nitrogens with zero attached hydrogens (tertiary/aromatic N) is 3. The molecule has 1 heterocycles. The Morgan fingerprint density at radius 2 is 1.84 bits per heavy atom. The van der Waals surface area contributed by atoms with E-state index in [0.29, 0.717) is 16.5 Å². The predicted molar refractivity (Wildman–Crippen MR) is 93.0 cm³/mol. The van der Waals surface area contributed by atoms with E-state index in [1.807, 2.05) is 30.3 Å². The Labute approximate surface area is 148 Å². The van der Waals surface area contributed by atoms with Crippen molar-refractivity contribution in [3.8, 4) is 0 Å². The van der Waals surface area contributed by atoms with Gasteiger partial charge in [0.1, 0.15) is 11.9 Å². The molecule has 5 nitrogen and oxygen atoms in total. The van der Waals surface area contributed by atoms with Gasteiger partial charge >= 0.3 is 0 Å². The first-order valence-electron chi connectivity index (χ1n) is 7.60. The molecular formula is C18H16FN3O2S. The lowest BCUT2D eigenvalue weighted by Gasteiger charge is -2.10. The zero-order valence-corrected chi connectivity index (χ0v) is 14.3. The van der Waals surface area contributed by atoms with Crippen LogP contribution in [-0.2, 0) is 7.05 Å². The molecule has 3 rings (SSSR count). The summed E-state index contributed by atoms with van der Waals surface area (Å²) in [6.45, 7) is 0. The van der Waals surface area contributed by atoms with Crippen LogP contribution in [0.5, 0.6) is 0 Å². The molecular weight excluding hydrogens is 341 g/mol. The lowest BCUT2D eigenvalue weighted by atomic mass is 10.1. The highest BCUT2D eigenvalue weighted by Gasteiger charge is 2.19. The summed E-state index contributed by atoms with van der Waals surface area (Å²) in [5.41, 5.74) is 1.16. The summed E-state index contributed by atoms with van der Waals surface area (Å²) in [6.07, 6.45) is -0.888. The van der Waals surface area contributed by atoms with Crippen molar-refractivity contribution in [2.24, 2.45) is 7.05 Å². The van der Waals surface area contributed by atoms with Crippen molar-refractivity contribution in [3.05, 3.63) is 77.4 Å². The highest BCUT2D eigenvalue weighted by Crippen LogP contribution is 2.24. The summed E-state index contributed by atoms with van der Waals surface area (Å²) in [4.78, 5) is 12.2. The second-order valence-electron chi connectivity index (χ2n) is 5.43. The van der Waals surface area contributed by atoms with Crippen LogP contribution in [0, 0.1) is 5.82 Å². The predicted octanol–water partition coefficient (Wildman–Crippen LogP) is 3.01. The number of ketones is 1. The van der Waals surface area contributed by atoms with E-state index < -0.39 is 6.10 Å². The third-order valence-corrected chi connectivity index (χ3v) is 4.75. The van der Waals surface area contributed by atoms with Crippen LogP contribution in [0.15, 0.2) is 59.8 Å². The molecule has 3 aromatic rings. The molecule has 1 atom stereocenters. The first-order chi connectivity index (χ1) is 12.1. The van der Waals surface area contributed by atoms with Crippen molar-refractivity contribution in [2.45, 2.75) is 11.3 Å². The maximum absolute atomic E-state index is 12.9. The summed E-state index contributed by atoms with van der Waals surface area (Å²) < 4.78 is 14.6. The molecule has 0 aliphatic heterocycles. The van der Waals surface area contributed by atoms with E-state index in [1.54, 1.807) is 11.6 Å². The minimum Gasteiger partial charge on any atom is -0.380 e. The number of benzene rings is 2. The van der Waals surface area contributed by atoms with Crippen LogP contribution in [0.1, 0.15) is 27.8 Å². The Bertz CT molecular complexity index is 866. The molecule has 0 saturated heterocycles. The lowest BCUT2D eigenvalue weighted by Crippen LogP contribution is -2.08. The van der Waals surface area contributed by atoms with Crippen molar-refractivity contribution in [3.63, 3.8) is 0 Å². The average molecular weight is 357 g/mol. The van der Waals surface area contributed by atoms with Crippen molar-refractivity contribution in [2.75, 3.05) is 5.75 Å². The summed E-state index contributed by atoms with van der Waals surface area (Å²) >= 11 is 1.22. The monoisotopic (exact) mass is 357 g/mol. The molecule has 25 heavy (non-hydrogen) atoms. The molecule has 0 fully saturated rings. The molecule has 128 valence electrons. The topological polar surface area (TPSA) is 68.0 Å². The number of thioether (sulfide) groups is 1. The molecule has 1 unspecified atom stereocenters. The van der Waals surface area contributed by atoms with Crippen molar-refractivity contribution < 1.29 is 14.3 Å². The minimum absolute atomic E-state index is 0.127. The highest BCUT2D eigenvalue weighted by molar-refractivity contribution is 7.99. The largest absolute Gasteiger partial charge is 0.380 e. The number of halogens is 1.